The number of Topliss-reactive ketones (excluding diaryl/α,β-unsaturated/α-hetero) is 1. The summed E-state index contributed by atoms with van der Waals surface area (Å²) >= 11 is 1.48. The van der Waals surface area contributed by atoms with Crippen LogP contribution in [0.4, 0.5) is 4.39 Å². The van der Waals surface area contributed by atoms with Gasteiger partial charge in [0.05, 0.1) is 10.4 Å². The van der Waals surface area contributed by atoms with Crippen molar-refractivity contribution < 1.29 is 19.1 Å². The zero-order valence-corrected chi connectivity index (χ0v) is 14.8. The summed E-state index contributed by atoms with van der Waals surface area (Å²) in [5.74, 6) is -1.40. The highest BCUT2D eigenvalue weighted by Crippen LogP contribution is 2.25. The number of carbonyl (C=O) groups excluding carboxylic acids is 1. The van der Waals surface area contributed by atoms with Crippen LogP contribution in [0.15, 0.2) is 29.6 Å². The fourth-order valence-electron chi connectivity index (χ4n) is 3.32. The molecule has 132 valence electrons. The third-order valence-corrected chi connectivity index (χ3v) is 5.64. The minimum Gasteiger partial charge on any atom is -0.478 e. The average Bonchev–Trinajstić information content (AvgIpc) is 3.19. The van der Waals surface area contributed by atoms with E-state index in [1.54, 1.807) is 13.0 Å². The Morgan fingerprint density at radius 2 is 2.12 bits per heavy atom. The van der Waals surface area contributed by atoms with Crippen LogP contribution in [-0.2, 0) is 13.0 Å². The van der Waals surface area contributed by atoms with Gasteiger partial charge in [0.25, 0.3) is 0 Å². The van der Waals surface area contributed by atoms with Crippen LogP contribution < -0.4 is 0 Å². The monoisotopic (exact) mass is 361 g/mol. The first kappa shape index (κ1) is 17.8. The maximum Gasteiger partial charge on any atom is 0.338 e. The minimum absolute atomic E-state index is 0.0982. The van der Waals surface area contributed by atoms with Crippen molar-refractivity contribution in [3.8, 4) is 0 Å². The summed E-state index contributed by atoms with van der Waals surface area (Å²) in [5, 5.41) is 11.1. The maximum absolute atomic E-state index is 13.5. The second-order valence-corrected chi connectivity index (χ2v) is 7.50. The molecule has 0 spiro atoms. The minimum atomic E-state index is -1.23. The van der Waals surface area contributed by atoms with Crippen LogP contribution in [0.5, 0.6) is 0 Å². The van der Waals surface area contributed by atoms with E-state index in [0.717, 1.165) is 48.5 Å². The zero-order chi connectivity index (χ0) is 18.0. The second kappa shape index (κ2) is 7.45. The molecule has 0 amide bonds. The number of benzene rings is 1. The number of thiophene rings is 1. The van der Waals surface area contributed by atoms with Gasteiger partial charge in [0.2, 0.25) is 0 Å². The van der Waals surface area contributed by atoms with E-state index in [2.05, 4.69) is 4.90 Å². The lowest BCUT2D eigenvalue weighted by Gasteiger charge is -2.15. The summed E-state index contributed by atoms with van der Waals surface area (Å²) in [6.07, 6.45) is 1.78. The highest BCUT2D eigenvalue weighted by Gasteiger charge is 2.23. The average molecular weight is 361 g/mol. The molecule has 6 heteroatoms. The lowest BCUT2D eigenvalue weighted by atomic mass is 9.97. The number of carboxylic acids is 1. The molecule has 1 fully saturated rings. The van der Waals surface area contributed by atoms with E-state index in [4.69, 9.17) is 5.11 Å². The first-order chi connectivity index (χ1) is 11.9. The lowest BCUT2D eigenvalue weighted by Crippen LogP contribution is -2.20. The van der Waals surface area contributed by atoms with Gasteiger partial charge in [0, 0.05) is 13.1 Å². The lowest BCUT2D eigenvalue weighted by molar-refractivity contribution is 0.0691. The highest BCUT2D eigenvalue weighted by molar-refractivity contribution is 7.12. The summed E-state index contributed by atoms with van der Waals surface area (Å²) in [7, 11) is 0. The predicted molar refractivity (Wildman–Crippen MR) is 94.8 cm³/mol. The zero-order valence-electron chi connectivity index (χ0n) is 14.0. The van der Waals surface area contributed by atoms with Crippen LogP contribution >= 0.6 is 11.3 Å². The smallest absolute Gasteiger partial charge is 0.338 e. The van der Waals surface area contributed by atoms with Gasteiger partial charge < -0.3 is 5.11 Å². The second-order valence-electron chi connectivity index (χ2n) is 6.59. The normalized spacial score (nSPS) is 17.8. The van der Waals surface area contributed by atoms with E-state index in [1.807, 2.05) is 11.4 Å². The van der Waals surface area contributed by atoms with E-state index < -0.39 is 11.8 Å². The Morgan fingerprint density at radius 1 is 1.32 bits per heavy atom. The quantitative estimate of drug-likeness (QED) is 0.794. The number of halogens is 1. The van der Waals surface area contributed by atoms with E-state index in [1.165, 1.54) is 23.5 Å². The van der Waals surface area contributed by atoms with Crippen LogP contribution in [0.3, 0.4) is 0 Å². The summed E-state index contributed by atoms with van der Waals surface area (Å²) in [6, 6.07) is 6.31. The van der Waals surface area contributed by atoms with Crippen molar-refractivity contribution in [3.63, 3.8) is 0 Å². The molecule has 4 nitrogen and oxygen atoms in total. The van der Waals surface area contributed by atoms with Crippen molar-refractivity contribution in [2.24, 2.45) is 5.92 Å². The van der Waals surface area contributed by atoms with Crippen LogP contribution in [0.1, 0.15) is 44.5 Å². The molecule has 0 bridgehead atoms. The fourth-order valence-corrected chi connectivity index (χ4v) is 4.13. The fraction of sp³-hybridized carbons (Fsp3) is 0.368. The summed E-state index contributed by atoms with van der Waals surface area (Å²) in [6.45, 7) is 4.30. The number of hydrogen-bond donors (Lipinski definition) is 1. The van der Waals surface area contributed by atoms with Crippen LogP contribution in [0, 0.1) is 11.7 Å². The SMILES string of the molecule is CC(=O)c1cc(CN2CCC(Cc3ccc(F)c(C(=O)O)c3)C2)cs1. The van der Waals surface area contributed by atoms with Gasteiger partial charge in [-0.15, -0.1) is 11.3 Å². The van der Waals surface area contributed by atoms with E-state index in [9.17, 15) is 14.0 Å². The number of aromatic carboxylic acids is 1. The Hall–Kier alpha value is -2.05. The molecular formula is C19H20FNO3S. The molecule has 1 unspecified atom stereocenters. The van der Waals surface area contributed by atoms with E-state index in [-0.39, 0.29) is 11.3 Å². The molecule has 0 saturated carbocycles. The maximum atomic E-state index is 13.5. The third-order valence-electron chi connectivity index (χ3n) is 4.56. The molecule has 1 aliphatic rings. The van der Waals surface area contributed by atoms with Gasteiger partial charge in [-0.2, -0.15) is 0 Å². The molecule has 2 heterocycles. The molecular weight excluding hydrogens is 341 g/mol. The van der Waals surface area contributed by atoms with Crippen molar-refractivity contribution in [1.29, 1.82) is 0 Å². The van der Waals surface area contributed by atoms with Crippen LogP contribution in [0.25, 0.3) is 0 Å². The van der Waals surface area contributed by atoms with Crippen molar-refractivity contribution in [3.05, 3.63) is 57.0 Å². The molecule has 1 aliphatic heterocycles. The first-order valence-corrected chi connectivity index (χ1v) is 9.12. The van der Waals surface area contributed by atoms with Gasteiger partial charge in [0.1, 0.15) is 5.82 Å². The standard InChI is InChI=1S/C19H20FNO3S/c1-12(22)18-8-15(11-25-18)10-21-5-4-14(9-21)6-13-2-3-17(20)16(7-13)19(23)24/h2-3,7-8,11,14H,4-6,9-10H2,1H3,(H,23,24). The molecule has 1 saturated heterocycles. The summed E-state index contributed by atoms with van der Waals surface area (Å²) < 4.78 is 13.5. The number of hydrogen-bond acceptors (Lipinski definition) is 4. The van der Waals surface area contributed by atoms with Gasteiger partial charge in [-0.1, -0.05) is 6.07 Å². The van der Waals surface area contributed by atoms with Gasteiger partial charge in [-0.25, -0.2) is 9.18 Å². The Bertz CT molecular complexity index is 802. The number of carbonyl (C=O) groups is 2. The topological polar surface area (TPSA) is 57.6 Å². The Kier molecular flexibility index (Phi) is 5.30. The van der Waals surface area contributed by atoms with E-state index >= 15 is 0 Å². The largest absolute Gasteiger partial charge is 0.478 e. The number of carboxylic acid groups (broad SMARTS) is 1. The van der Waals surface area contributed by atoms with Crippen molar-refractivity contribution >= 4 is 23.1 Å². The molecule has 0 radical (unpaired) electrons. The number of ketones is 1. The Morgan fingerprint density at radius 3 is 2.80 bits per heavy atom. The molecule has 1 atom stereocenters. The number of likely N-dealkylation sites (tertiary alicyclic amines) is 1. The molecule has 0 aliphatic carbocycles. The summed E-state index contributed by atoms with van der Waals surface area (Å²) in [4.78, 5) is 25.6. The Balaban J connectivity index is 1.58. The third kappa shape index (κ3) is 4.32. The van der Waals surface area contributed by atoms with Gasteiger partial charge >= 0.3 is 5.97 Å². The van der Waals surface area contributed by atoms with Crippen molar-refractivity contribution in [2.45, 2.75) is 26.3 Å². The highest BCUT2D eigenvalue weighted by atomic mass is 32.1. The predicted octanol–water partition coefficient (Wildman–Crippen LogP) is 3.85. The van der Waals surface area contributed by atoms with Gasteiger partial charge in [0.15, 0.2) is 5.78 Å². The van der Waals surface area contributed by atoms with Crippen molar-refractivity contribution in [2.75, 3.05) is 13.1 Å². The molecule has 1 N–H and O–H groups in total. The molecule has 25 heavy (non-hydrogen) atoms. The number of nitrogens with zero attached hydrogens (tertiary/aromatic N) is 1. The number of rotatable bonds is 6. The van der Waals surface area contributed by atoms with Crippen molar-refractivity contribution in [1.82, 2.24) is 4.90 Å². The first-order valence-electron chi connectivity index (χ1n) is 8.25. The van der Waals surface area contributed by atoms with Gasteiger partial charge in [-0.3, -0.25) is 9.69 Å². The molecule has 1 aromatic heterocycles. The van der Waals surface area contributed by atoms with Crippen LogP contribution in [-0.4, -0.2) is 34.8 Å². The Labute approximate surface area is 149 Å². The van der Waals surface area contributed by atoms with Gasteiger partial charge in [-0.05, 0) is 66.9 Å². The van der Waals surface area contributed by atoms with E-state index in [0.29, 0.717) is 5.92 Å². The molecule has 1 aromatic carbocycles. The van der Waals surface area contributed by atoms with Crippen LogP contribution in [0.2, 0.25) is 0 Å². The molecule has 3 rings (SSSR count). The summed E-state index contributed by atoms with van der Waals surface area (Å²) in [5.41, 5.74) is 1.76. The molecule has 2 aromatic rings.